The molecule has 0 saturated heterocycles. The number of ether oxygens (including phenoxy) is 1. The third-order valence-corrected chi connectivity index (χ3v) is 5.59. The number of halogens is 1. The van der Waals surface area contributed by atoms with Crippen molar-refractivity contribution >= 4 is 44.6 Å². The van der Waals surface area contributed by atoms with Gasteiger partial charge in [-0.1, -0.05) is 11.6 Å². The zero-order chi connectivity index (χ0) is 15.6. The highest BCUT2D eigenvalue weighted by Gasteiger charge is 2.19. The van der Waals surface area contributed by atoms with Crippen LogP contribution in [0.1, 0.15) is 10.4 Å². The summed E-state index contributed by atoms with van der Waals surface area (Å²) in [5, 5.41) is 8.96. The predicted molar refractivity (Wildman–Crippen MR) is 80.1 cm³/mol. The molecule has 0 saturated carbocycles. The highest BCUT2D eigenvalue weighted by atomic mass is 35.5. The lowest BCUT2D eigenvalue weighted by atomic mass is 10.2. The van der Waals surface area contributed by atoms with E-state index in [9.17, 15) is 13.2 Å². The number of carboxylic acids is 1. The summed E-state index contributed by atoms with van der Waals surface area (Å²) in [6.07, 6.45) is 0. The molecule has 1 aromatic heterocycles. The number of carboxylic acid groups (broad SMARTS) is 1. The molecule has 0 aliphatic rings. The maximum absolute atomic E-state index is 12.2. The number of sulfonamides is 1. The molecule has 0 unspecified atom stereocenters. The van der Waals surface area contributed by atoms with Crippen molar-refractivity contribution in [1.29, 1.82) is 0 Å². The molecule has 0 radical (unpaired) electrons. The lowest BCUT2D eigenvalue weighted by Crippen LogP contribution is -2.13. The highest BCUT2D eigenvalue weighted by Crippen LogP contribution is 2.31. The average Bonchev–Trinajstić information content (AvgIpc) is 2.85. The van der Waals surface area contributed by atoms with Crippen LogP contribution in [0, 0.1) is 0 Å². The van der Waals surface area contributed by atoms with Gasteiger partial charge in [0.1, 0.15) is 9.96 Å². The molecule has 9 heteroatoms. The maximum Gasteiger partial charge on any atom is 0.335 e. The Bertz CT molecular complexity index is 785. The van der Waals surface area contributed by atoms with Crippen LogP contribution in [0.3, 0.4) is 0 Å². The number of methoxy groups -OCH3 is 1. The van der Waals surface area contributed by atoms with Crippen molar-refractivity contribution in [3.8, 4) is 5.75 Å². The van der Waals surface area contributed by atoms with Gasteiger partial charge >= 0.3 is 5.97 Å². The molecular weight excluding hydrogens is 338 g/mol. The van der Waals surface area contributed by atoms with E-state index in [1.54, 1.807) is 0 Å². The van der Waals surface area contributed by atoms with Crippen LogP contribution in [-0.4, -0.2) is 26.6 Å². The number of hydrogen-bond donors (Lipinski definition) is 2. The fraction of sp³-hybridized carbons (Fsp3) is 0.0833. The van der Waals surface area contributed by atoms with Crippen molar-refractivity contribution in [3.63, 3.8) is 0 Å². The molecule has 112 valence electrons. The Morgan fingerprint density at radius 2 is 2.05 bits per heavy atom. The van der Waals surface area contributed by atoms with Gasteiger partial charge in [-0.25, -0.2) is 13.2 Å². The Balaban J connectivity index is 2.42. The van der Waals surface area contributed by atoms with Crippen LogP contribution < -0.4 is 9.46 Å². The molecule has 0 amide bonds. The number of anilines is 1. The molecule has 2 rings (SSSR count). The first-order valence-electron chi connectivity index (χ1n) is 5.53. The summed E-state index contributed by atoms with van der Waals surface area (Å²) in [6, 6.07) is 6.71. The molecule has 21 heavy (non-hydrogen) atoms. The van der Waals surface area contributed by atoms with Crippen LogP contribution in [0.25, 0.3) is 0 Å². The van der Waals surface area contributed by atoms with Crippen LogP contribution >= 0.6 is 22.9 Å². The Morgan fingerprint density at radius 1 is 1.33 bits per heavy atom. The summed E-state index contributed by atoms with van der Waals surface area (Å²) < 4.78 is 32.1. The third kappa shape index (κ3) is 3.46. The van der Waals surface area contributed by atoms with Gasteiger partial charge in [-0.15, -0.1) is 11.3 Å². The molecule has 0 aliphatic carbocycles. The summed E-state index contributed by atoms with van der Waals surface area (Å²) >= 11 is 6.61. The summed E-state index contributed by atoms with van der Waals surface area (Å²) in [4.78, 5) is 11.0. The fourth-order valence-corrected chi connectivity index (χ4v) is 4.10. The molecule has 2 aromatic rings. The van der Waals surface area contributed by atoms with Gasteiger partial charge in [-0.2, -0.15) is 0 Å². The van der Waals surface area contributed by atoms with E-state index in [1.165, 1.54) is 37.4 Å². The fourth-order valence-electron chi connectivity index (χ4n) is 1.56. The average molecular weight is 348 g/mol. The van der Waals surface area contributed by atoms with Crippen LogP contribution in [0.5, 0.6) is 5.75 Å². The standard InChI is InChI=1S/C12H10ClNO5S2/c1-19-9-3-2-7(12(15)16)6-8(9)14-21(17,18)11-5-4-10(13)20-11/h2-6,14H,1H3,(H,15,16). The second-order valence-corrected chi connectivity index (χ2v) is 7.51. The van der Waals surface area contributed by atoms with Gasteiger partial charge < -0.3 is 9.84 Å². The van der Waals surface area contributed by atoms with Gasteiger partial charge in [0, 0.05) is 0 Å². The quantitative estimate of drug-likeness (QED) is 0.867. The second kappa shape index (κ2) is 5.92. The lowest BCUT2D eigenvalue weighted by molar-refractivity contribution is 0.0697. The molecular formula is C12H10ClNO5S2. The molecule has 0 aliphatic heterocycles. The largest absolute Gasteiger partial charge is 0.495 e. The molecule has 2 N–H and O–H groups in total. The number of nitrogens with one attached hydrogen (secondary N) is 1. The topological polar surface area (TPSA) is 92.7 Å². The van der Waals surface area contributed by atoms with E-state index in [4.69, 9.17) is 21.4 Å². The third-order valence-electron chi connectivity index (χ3n) is 2.50. The first-order chi connectivity index (χ1) is 9.83. The minimum absolute atomic E-state index is 0.0234. The Hall–Kier alpha value is -1.77. The number of aromatic carboxylic acids is 1. The first-order valence-corrected chi connectivity index (χ1v) is 8.21. The predicted octanol–water partition coefficient (Wildman–Crippen LogP) is 2.91. The molecule has 1 aromatic carbocycles. The van der Waals surface area contributed by atoms with Crippen LogP contribution in [0.15, 0.2) is 34.5 Å². The van der Waals surface area contributed by atoms with Crippen molar-refractivity contribution in [1.82, 2.24) is 0 Å². The van der Waals surface area contributed by atoms with E-state index in [0.717, 1.165) is 11.3 Å². The van der Waals surface area contributed by atoms with E-state index in [1.807, 2.05) is 0 Å². The maximum atomic E-state index is 12.2. The van der Waals surface area contributed by atoms with E-state index in [2.05, 4.69) is 4.72 Å². The molecule has 6 nitrogen and oxygen atoms in total. The van der Waals surface area contributed by atoms with E-state index in [-0.39, 0.29) is 21.2 Å². The molecule has 0 spiro atoms. The molecule has 0 bridgehead atoms. The van der Waals surface area contributed by atoms with Gasteiger partial charge in [-0.3, -0.25) is 4.72 Å². The smallest absolute Gasteiger partial charge is 0.335 e. The Labute approximate surface area is 130 Å². The molecule has 0 fully saturated rings. The van der Waals surface area contributed by atoms with Crippen LogP contribution in [0.2, 0.25) is 4.34 Å². The first kappa shape index (κ1) is 15.6. The van der Waals surface area contributed by atoms with E-state index >= 15 is 0 Å². The minimum Gasteiger partial charge on any atom is -0.495 e. The summed E-state index contributed by atoms with van der Waals surface area (Å²) in [5.41, 5.74) is -0.0142. The number of benzene rings is 1. The van der Waals surface area contributed by atoms with Gasteiger partial charge in [0.25, 0.3) is 10.0 Å². The van der Waals surface area contributed by atoms with Crippen molar-refractivity contribution in [2.24, 2.45) is 0 Å². The van der Waals surface area contributed by atoms with Gasteiger partial charge in [0.05, 0.1) is 22.7 Å². The Morgan fingerprint density at radius 3 is 2.57 bits per heavy atom. The normalized spacial score (nSPS) is 11.1. The van der Waals surface area contributed by atoms with Gasteiger partial charge in [-0.05, 0) is 30.3 Å². The van der Waals surface area contributed by atoms with E-state index < -0.39 is 16.0 Å². The van der Waals surface area contributed by atoms with Gasteiger partial charge in [0.15, 0.2) is 0 Å². The zero-order valence-electron chi connectivity index (χ0n) is 10.7. The van der Waals surface area contributed by atoms with Crippen molar-refractivity contribution in [2.75, 3.05) is 11.8 Å². The summed E-state index contributed by atoms with van der Waals surface area (Å²) in [7, 11) is -2.50. The monoisotopic (exact) mass is 347 g/mol. The van der Waals surface area contributed by atoms with Crippen LogP contribution in [0.4, 0.5) is 5.69 Å². The van der Waals surface area contributed by atoms with Crippen molar-refractivity contribution in [3.05, 3.63) is 40.2 Å². The summed E-state index contributed by atoms with van der Waals surface area (Å²) in [6.45, 7) is 0. The SMILES string of the molecule is COc1ccc(C(=O)O)cc1NS(=O)(=O)c1ccc(Cl)s1. The second-order valence-electron chi connectivity index (χ2n) is 3.88. The van der Waals surface area contributed by atoms with Gasteiger partial charge in [0.2, 0.25) is 0 Å². The number of hydrogen-bond acceptors (Lipinski definition) is 5. The molecule has 1 heterocycles. The zero-order valence-corrected chi connectivity index (χ0v) is 13.1. The Kier molecular flexibility index (Phi) is 4.40. The minimum atomic E-state index is -3.86. The van der Waals surface area contributed by atoms with Crippen LogP contribution in [-0.2, 0) is 10.0 Å². The summed E-state index contributed by atoms with van der Waals surface area (Å²) in [5.74, 6) is -0.955. The number of thiophene rings is 1. The number of carbonyl (C=O) groups is 1. The van der Waals surface area contributed by atoms with Crippen molar-refractivity contribution in [2.45, 2.75) is 4.21 Å². The van der Waals surface area contributed by atoms with Crippen molar-refractivity contribution < 1.29 is 23.1 Å². The highest BCUT2D eigenvalue weighted by molar-refractivity contribution is 7.94. The molecule has 0 atom stereocenters. The lowest BCUT2D eigenvalue weighted by Gasteiger charge is -2.11. The van der Waals surface area contributed by atoms with E-state index in [0.29, 0.717) is 4.34 Å². The number of rotatable bonds is 5.